The lowest BCUT2D eigenvalue weighted by atomic mass is 10.1. The lowest BCUT2D eigenvalue weighted by Crippen LogP contribution is -2.19. The quantitative estimate of drug-likeness (QED) is 0.691. The molecule has 0 saturated carbocycles. The molecule has 0 radical (unpaired) electrons. The molecule has 5 nitrogen and oxygen atoms in total. The average Bonchev–Trinajstić information content (AvgIpc) is 3.17. The first-order chi connectivity index (χ1) is 13.1. The zero-order chi connectivity index (χ0) is 19.2. The number of carbonyl (C=O) groups is 2. The molecule has 0 bridgehead atoms. The topological polar surface area (TPSA) is 71.3 Å². The van der Waals surface area contributed by atoms with Crippen LogP contribution in [0, 0.1) is 6.92 Å². The second kappa shape index (κ2) is 8.36. The first kappa shape index (κ1) is 18.5. The minimum Gasteiger partial charge on any atom is -0.461 e. The van der Waals surface area contributed by atoms with Crippen LogP contribution in [0.25, 0.3) is 11.3 Å². The average molecular weight is 362 g/mol. The SMILES string of the molecule is CNC(=O)c1ccc(C)c(NC(=O)CCc2ccc(-c3ccccc3)o2)c1. The van der Waals surface area contributed by atoms with Crippen molar-refractivity contribution in [1.29, 1.82) is 0 Å². The molecule has 0 aliphatic rings. The van der Waals surface area contributed by atoms with E-state index in [0.29, 0.717) is 24.1 Å². The van der Waals surface area contributed by atoms with Gasteiger partial charge in [0, 0.05) is 36.7 Å². The number of furan rings is 1. The third-order valence-corrected chi connectivity index (χ3v) is 4.32. The van der Waals surface area contributed by atoms with Crippen LogP contribution in [0.3, 0.4) is 0 Å². The summed E-state index contributed by atoms with van der Waals surface area (Å²) < 4.78 is 5.83. The maximum absolute atomic E-state index is 12.3. The lowest BCUT2D eigenvalue weighted by molar-refractivity contribution is -0.116. The van der Waals surface area contributed by atoms with Crippen LogP contribution in [0.2, 0.25) is 0 Å². The summed E-state index contributed by atoms with van der Waals surface area (Å²) >= 11 is 0. The van der Waals surface area contributed by atoms with E-state index in [0.717, 1.165) is 22.6 Å². The van der Waals surface area contributed by atoms with E-state index in [9.17, 15) is 9.59 Å². The highest BCUT2D eigenvalue weighted by molar-refractivity contribution is 5.97. The van der Waals surface area contributed by atoms with Gasteiger partial charge >= 0.3 is 0 Å². The van der Waals surface area contributed by atoms with Crippen LogP contribution < -0.4 is 10.6 Å². The monoisotopic (exact) mass is 362 g/mol. The van der Waals surface area contributed by atoms with Gasteiger partial charge in [-0.25, -0.2) is 0 Å². The van der Waals surface area contributed by atoms with E-state index in [4.69, 9.17) is 4.42 Å². The molecular formula is C22H22N2O3. The summed E-state index contributed by atoms with van der Waals surface area (Å²) in [6, 6.07) is 18.9. The zero-order valence-corrected chi connectivity index (χ0v) is 15.4. The Bertz CT molecular complexity index is 945. The minimum absolute atomic E-state index is 0.121. The number of hydrogen-bond acceptors (Lipinski definition) is 3. The molecular weight excluding hydrogens is 340 g/mol. The molecule has 2 amide bonds. The molecule has 0 fully saturated rings. The number of benzene rings is 2. The van der Waals surface area contributed by atoms with Crippen LogP contribution in [-0.2, 0) is 11.2 Å². The Morgan fingerprint density at radius 3 is 2.52 bits per heavy atom. The van der Waals surface area contributed by atoms with Gasteiger partial charge in [0.15, 0.2) is 0 Å². The number of amides is 2. The lowest BCUT2D eigenvalue weighted by Gasteiger charge is -2.10. The number of aryl methyl sites for hydroxylation is 2. The molecule has 0 unspecified atom stereocenters. The molecule has 1 heterocycles. The number of nitrogens with one attached hydrogen (secondary N) is 2. The van der Waals surface area contributed by atoms with Crippen molar-refractivity contribution in [3.8, 4) is 11.3 Å². The Morgan fingerprint density at radius 1 is 1.00 bits per heavy atom. The zero-order valence-electron chi connectivity index (χ0n) is 15.4. The van der Waals surface area contributed by atoms with Gasteiger partial charge in [-0.05, 0) is 36.8 Å². The van der Waals surface area contributed by atoms with Gasteiger partial charge in [-0.2, -0.15) is 0 Å². The molecule has 27 heavy (non-hydrogen) atoms. The highest BCUT2D eigenvalue weighted by Gasteiger charge is 2.11. The van der Waals surface area contributed by atoms with Gasteiger partial charge in [0.1, 0.15) is 11.5 Å². The third-order valence-electron chi connectivity index (χ3n) is 4.32. The van der Waals surface area contributed by atoms with E-state index >= 15 is 0 Å². The summed E-state index contributed by atoms with van der Waals surface area (Å²) in [7, 11) is 1.58. The smallest absolute Gasteiger partial charge is 0.251 e. The van der Waals surface area contributed by atoms with Crippen molar-refractivity contribution in [1.82, 2.24) is 5.32 Å². The maximum atomic E-state index is 12.3. The van der Waals surface area contributed by atoms with E-state index in [1.165, 1.54) is 0 Å². The first-order valence-electron chi connectivity index (χ1n) is 8.83. The molecule has 0 aliphatic carbocycles. The first-order valence-corrected chi connectivity index (χ1v) is 8.83. The molecule has 1 aromatic heterocycles. The van der Waals surface area contributed by atoms with Gasteiger partial charge in [0.25, 0.3) is 5.91 Å². The molecule has 2 aromatic carbocycles. The van der Waals surface area contributed by atoms with Gasteiger partial charge in [0.05, 0.1) is 0 Å². The standard InChI is InChI=1S/C22H22N2O3/c1-15-8-9-17(22(26)23-2)14-19(15)24-21(25)13-11-18-10-12-20(27-18)16-6-4-3-5-7-16/h3-10,12,14H,11,13H2,1-2H3,(H,23,26)(H,24,25). The summed E-state index contributed by atoms with van der Waals surface area (Å²) in [6.45, 7) is 1.89. The fraction of sp³-hybridized carbons (Fsp3) is 0.182. The molecule has 0 aliphatic heterocycles. The fourth-order valence-electron chi connectivity index (χ4n) is 2.76. The minimum atomic E-state index is -0.186. The van der Waals surface area contributed by atoms with Gasteiger partial charge in [-0.15, -0.1) is 0 Å². The van der Waals surface area contributed by atoms with E-state index in [1.54, 1.807) is 19.2 Å². The van der Waals surface area contributed by atoms with Gasteiger partial charge in [0.2, 0.25) is 5.91 Å². The summed E-state index contributed by atoms with van der Waals surface area (Å²) in [5.74, 6) is 1.25. The Hall–Kier alpha value is -3.34. The molecule has 3 rings (SSSR count). The number of anilines is 1. The van der Waals surface area contributed by atoms with Gasteiger partial charge in [-0.3, -0.25) is 9.59 Å². The number of carbonyl (C=O) groups excluding carboxylic acids is 2. The van der Waals surface area contributed by atoms with Crippen molar-refractivity contribution >= 4 is 17.5 Å². The van der Waals surface area contributed by atoms with Crippen LogP contribution in [0.5, 0.6) is 0 Å². The van der Waals surface area contributed by atoms with Crippen LogP contribution in [0.1, 0.15) is 28.1 Å². The van der Waals surface area contributed by atoms with Gasteiger partial charge in [-0.1, -0.05) is 36.4 Å². The molecule has 0 atom stereocenters. The molecule has 5 heteroatoms. The summed E-state index contributed by atoms with van der Waals surface area (Å²) in [5.41, 5.74) is 3.07. The fourth-order valence-corrected chi connectivity index (χ4v) is 2.76. The second-order valence-electron chi connectivity index (χ2n) is 6.29. The summed E-state index contributed by atoms with van der Waals surface area (Å²) in [4.78, 5) is 24.1. The van der Waals surface area contributed by atoms with Crippen molar-refractivity contribution < 1.29 is 14.0 Å². The Kier molecular flexibility index (Phi) is 5.71. The van der Waals surface area contributed by atoms with E-state index in [1.807, 2.05) is 55.5 Å². The predicted molar refractivity (Wildman–Crippen MR) is 106 cm³/mol. The predicted octanol–water partition coefficient (Wildman–Crippen LogP) is 4.19. The highest BCUT2D eigenvalue weighted by atomic mass is 16.3. The molecule has 138 valence electrons. The van der Waals surface area contributed by atoms with Crippen LogP contribution in [-0.4, -0.2) is 18.9 Å². The Balaban J connectivity index is 1.61. The third kappa shape index (κ3) is 4.64. The van der Waals surface area contributed by atoms with E-state index in [-0.39, 0.29) is 11.8 Å². The van der Waals surface area contributed by atoms with Gasteiger partial charge < -0.3 is 15.1 Å². The van der Waals surface area contributed by atoms with Crippen molar-refractivity contribution in [2.75, 3.05) is 12.4 Å². The van der Waals surface area contributed by atoms with Crippen molar-refractivity contribution in [3.05, 3.63) is 77.6 Å². The van der Waals surface area contributed by atoms with Crippen molar-refractivity contribution in [2.24, 2.45) is 0 Å². The van der Waals surface area contributed by atoms with Crippen molar-refractivity contribution in [2.45, 2.75) is 19.8 Å². The maximum Gasteiger partial charge on any atom is 0.251 e. The highest BCUT2D eigenvalue weighted by Crippen LogP contribution is 2.23. The number of hydrogen-bond donors (Lipinski definition) is 2. The second-order valence-corrected chi connectivity index (χ2v) is 6.29. The summed E-state index contributed by atoms with van der Waals surface area (Å²) in [5, 5.41) is 5.46. The largest absolute Gasteiger partial charge is 0.461 e. The molecule has 3 aromatic rings. The molecule has 0 saturated heterocycles. The Morgan fingerprint density at radius 2 is 1.78 bits per heavy atom. The van der Waals surface area contributed by atoms with E-state index < -0.39 is 0 Å². The van der Waals surface area contributed by atoms with Crippen LogP contribution in [0.15, 0.2) is 65.1 Å². The van der Waals surface area contributed by atoms with Crippen molar-refractivity contribution in [3.63, 3.8) is 0 Å². The van der Waals surface area contributed by atoms with Crippen LogP contribution >= 0.6 is 0 Å². The van der Waals surface area contributed by atoms with E-state index in [2.05, 4.69) is 10.6 Å². The number of rotatable bonds is 6. The molecule has 2 N–H and O–H groups in total. The molecule has 0 spiro atoms. The normalized spacial score (nSPS) is 10.4. The van der Waals surface area contributed by atoms with Crippen LogP contribution in [0.4, 0.5) is 5.69 Å². The summed E-state index contributed by atoms with van der Waals surface area (Å²) in [6.07, 6.45) is 0.804. The Labute approximate surface area is 158 Å².